The molecule has 13 heterocycles. The van der Waals surface area contributed by atoms with Crippen molar-refractivity contribution < 1.29 is 50.2 Å². The number of rotatable bonds is 4. The van der Waals surface area contributed by atoms with Crippen molar-refractivity contribution in [3.05, 3.63) is 36.0 Å². The van der Waals surface area contributed by atoms with Crippen LogP contribution in [0.15, 0.2) is 24.6 Å². The van der Waals surface area contributed by atoms with Gasteiger partial charge in [-0.25, -0.2) is 15.0 Å². The summed E-state index contributed by atoms with van der Waals surface area (Å²) in [5, 5.41) is 20.4. The Morgan fingerprint density at radius 3 is 1.22 bits per heavy atom. The molecule has 6 bridgehead atoms. The number of hydrogen-bond acceptors (Lipinski definition) is 16. The van der Waals surface area contributed by atoms with Gasteiger partial charge in [0.05, 0.1) is 57.8 Å². The van der Waals surface area contributed by atoms with Crippen LogP contribution in [0.2, 0.25) is 0 Å². The molecule has 13 saturated heterocycles. The number of fused-ring (bicyclic) bond motifs is 8. The number of sulfone groups is 1. The monoisotopic (exact) mass is 1840 g/mol. The maximum atomic E-state index is 12.0. The minimum atomic E-state index is -2.92. The summed E-state index contributed by atoms with van der Waals surface area (Å²) in [7, 11) is -4.74. The zero-order valence-corrected chi connectivity index (χ0v) is 90.3. The molecule has 0 aliphatic carbocycles. The number of allylic oxidation sites excluding steroid dienone is 2. The van der Waals surface area contributed by atoms with E-state index in [4.69, 9.17) is 25.5 Å². The first-order valence-corrected chi connectivity index (χ1v) is 57.0. The first kappa shape index (κ1) is 116. The number of likely N-dealkylation sites (tertiary alicyclic amines) is 4. The first-order chi connectivity index (χ1) is 56.7. The third kappa shape index (κ3) is 35.1. The molecule has 736 valence electrons. The molecule has 0 aromatic carbocycles. The normalized spacial score (nSPS) is 34.7. The smallest absolute Gasteiger partial charge is 0.239 e. The van der Waals surface area contributed by atoms with Crippen molar-refractivity contribution in [3.63, 3.8) is 0 Å². The summed E-state index contributed by atoms with van der Waals surface area (Å²) in [4.78, 5) is 16.4. The molecule has 13 rings (SSSR count). The van der Waals surface area contributed by atoms with Crippen molar-refractivity contribution in [1.82, 2.24) is 24.5 Å². The second-order valence-corrected chi connectivity index (χ2v) is 60.5. The molecule has 13 aliphatic heterocycles. The summed E-state index contributed by atoms with van der Waals surface area (Å²) >= 11 is 0. The van der Waals surface area contributed by atoms with Gasteiger partial charge in [0.2, 0.25) is 5.54 Å². The molecule has 14 unspecified atom stereocenters. The Balaban J connectivity index is 0.000000295. The lowest BCUT2D eigenvalue weighted by Crippen LogP contribution is -2.52. The lowest BCUT2D eigenvalue weighted by Gasteiger charge is -2.45. The zero-order chi connectivity index (χ0) is 95.7. The van der Waals surface area contributed by atoms with Gasteiger partial charge in [-0.1, -0.05) is 151 Å². The first-order valence-electron chi connectivity index (χ1n) is 49.2. The maximum Gasteiger partial charge on any atom is 0.239 e. The molecule has 0 aromatic rings. The van der Waals surface area contributed by atoms with Crippen LogP contribution in [0.25, 0.3) is 4.85 Å². The third-order valence-electron chi connectivity index (χ3n) is 31.4. The van der Waals surface area contributed by atoms with Crippen molar-refractivity contribution in [3.8, 4) is 0 Å². The van der Waals surface area contributed by atoms with Gasteiger partial charge >= 0.3 is 0 Å². The Labute approximate surface area is 774 Å². The van der Waals surface area contributed by atoms with Gasteiger partial charge in [-0.3, -0.25) is 27.3 Å². The minimum absolute atomic E-state index is 0.0250. The van der Waals surface area contributed by atoms with Crippen LogP contribution in [0.5, 0.6) is 0 Å². The number of nitrogens with zero attached hydrogens (tertiary/aromatic N) is 6. The molecule has 17 nitrogen and oxygen atoms in total. The standard InChI is InChI=1S/C14H24N2.C14H27NO.C12H24O2S.C11H21NO.C11H20O3S.C11H22O2S.C11H22OS.C10H19NO.C10H21N/c1-12(2)16-10-7-8-14(15-6,9-11-16)13(3,4)5;1-12(2)15-10-7-8-14(16-6,9-11-15)13(3,4)5;1-11(2,3)12(14-4)7-6-9-15(5,13)10-8-12;1-11(2,3)12-6-9-4-5-10(7-12)13-8-9;1-10(2,3)11(12)6-8-4-5-9(7-11)15(8,13)14;1-10(2,3)11(12)6-5-8-14(4,13)9-7-11;1-11(2,3)10-6-5-8-13(4,12)9-7-10;1-10(2,3)11-6-8-4-5-9(7-11)12-8;1-10(2,3)11-8-6-4-5-7-9-11/h1,7-11H2,2-5H3;1,7-11H2,2-6H3;5-10H2,1-4H3;9-10H,4-8H2,1-3H3;8-9,12H,4-7H2,1-3H3;12H,4-9H2,1-3H3;10H,4-9H2,1-3H3;8-9H,4-7H2,1-3H3;4-9H2,1-3H3. The molecule has 125 heavy (non-hydrogen) atoms. The van der Waals surface area contributed by atoms with Gasteiger partial charge in [-0.2, -0.15) is 0 Å². The molecule has 13 aliphatic rings. The summed E-state index contributed by atoms with van der Waals surface area (Å²) in [6.07, 6.45) is 29.8. The summed E-state index contributed by atoms with van der Waals surface area (Å²) in [6.45, 7) is 92.0. The van der Waals surface area contributed by atoms with E-state index in [1.807, 2.05) is 48.7 Å². The average molecular weight is 1840 g/mol. The molecular formula is C104H200N6O11S4. The van der Waals surface area contributed by atoms with Crippen molar-refractivity contribution in [2.24, 2.45) is 44.3 Å². The predicted octanol–water partition coefficient (Wildman–Crippen LogP) is 21.4. The van der Waals surface area contributed by atoms with Gasteiger partial charge in [-0.05, 0) is 322 Å². The van der Waals surface area contributed by atoms with Crippen LogP contribution in [0.4, 0.5) is 0 Å². The number of morpholine rings is 1. The minimum Gasteiger partial charge on any atom is -0.389 e. The molecule has 0 amide bonds. The lowest BCUT2D eigenvalue weighted by atomic mass is 9.70. The van der Waals surface area contributed by atoms with E-state index in [0.29, 0.717) is 76.9 Å². The van der Waals surface area contributed by atoms with Gasteiger partial charge < -0.3 is 43.8 Å². The van der Waals surface area contributed by atoms with Gasteiger partial charge in [0.1, 0.15) is 0 Å². The molecule has 2 N–H and O–H groups in total. The van der Waals surface area contributed by atoms with Crippen molar-refractivity contribution in [2.45, 2.75) is 448 Å². The second kappa shape index (κ2) is 46.2. The Morgan fingerprint density at radius 1 is 0.400 bits per heavy atom. The van der Waals surface area contributed by atoms with E-state index < -0.39 is 49.6 Å². The molecule has 0 spiro atoms. The second-order valence-electron chi connectivity index (χ2n) is 49.7. The fourth-order valence-electron chi connectivity index (χ4n) is 20.9. The Bertz CT molecular complexity index is 3750. The quantitative estimate of drug-likeness (QED) is 0.200. The molecule has 14 atom stereocenters. The average Bonchev–Trinajstić information content (AvgIpc) is 1.61. The Hall–Kier alpha value is -1.78. The summed E-state index contributed by atoms with van der Waals surface area (Å²) in [5.74, 6) is 17.4. The van der Waals surface area contributed by atoms with Crippen LogP contribution >= 0.6 is 0 Å². The van der Waals surface area contributed by atoms with Crippen molar-refractivity contribution >= 4 is 56.0 Å². The van der Waals surface area contributed by atoms with Gasteiger partial charge in [0.15, 0.2) is 9.84 Å². The highest BCUT2D eigenvalue weighted by Crippen LogP contribution is 2.51. The van der Waals surface area contributed by atoms with Gasteiger partial charge in [0.25, 0.3) is 0 Å². The highest BCUT2D eigenvalue weighted by atomic mass is 32.2. The Morgan fingerprint density at radius 2 is 0.808 bits per heavy atom. The maximum absolute atomic E-state index is 12.0. The molecule has 21 heteroatoms. The van der Waals surface area contributed by atoms with E-state index in [0.717, 1.165) is 177 Å². The van der Waals surface area contributed by atoms with Crippen LogP contribution < -0.4 is 0 Å². The highest BCUT2D eigenvalue weighted by molar-refractivity contribution is 8.00. The summed E-state index contributed by atoms with van der Waals surface area (Å²) in [5.41, 5.74) is 1.98. The Kier molecular flexibility index (Phi) is 42.7. The van der Waals surface area contributed by atoms with Crippen LogP contribution in [0.3, 0.4) is 0 Å². The van der Waals surface area contributed by atoms with Crippen LogP contribution in [0, 0.1) is 50.9 Å². The predicted molar refractivity (Wildman–Crippen MR) is 544 cm³/mol. The molecule has 13 fully saturated rings. The zero-order valence-electron chi connectivity index (χ0n) is 87.1. The molecular weight excluding hydrogens is 1640 g/mol. The number of aliphatic hydroxyl groups is 2. The summed E-state index contributed by atoms with van der Waals surface area (Å²) < 4.78 is 82.6. The van der Waals surface area contributed by atoms with Crippen LogP contribution in [-0.2, 0) is 57.3 Å². The molecule has 0 aromatic heterocycles. The number of hydrogen-bond donors (Lipinski definition) is 2. The number of methoxy groups -OCH3 is 2. The van der Waals surface area contributed by atoms with Crippen molar-refractivity contribution in [1.29, 1.82) is 0 Å². The topological polar surface area (TPSA) is 183 Å². The van der Waals surface area contributed by atoms with E-state index in [2.05, 4.69) is 219 Å². The fourth-order valence-corrected chi connectivity index (χ4v) is 28.1. The van der Waals surface area contributed by atoms with E-state index >= 15 is 0 Å². The van der Waals surface area contributed by atoms with E-state index in [-0.39, 0.29) is 54.3 Å². The van der Waals surface area contributed by atoms with E-state index in [9.17, 15) is 31.3 Å². The largest absolute Gasteiger partial charge is 0.389 e. The lowest BCUT2D eigenvalue weighted by molar-refractivity contribution is -0.101. The van der Waals surface area contributed by atoms with Crippen molar-refractivity contribution in [2.75, 3.05) is 121 Å². The van der Waals surface area contributed by atoms with Gasteiger partial charge in [0, 0.05) is 147 Å². The number of ether oxygens (including phenoxy) is 4. The highest BCUT2D eigenvalue weighted by Gasteiger charge is 2.57. The van der Waals surface area contributed by atoms with Gasteiger partial charge in [-0.15, -0.1) is 0 Å². The third-order valence-corrected chi connectivity index (χ3v) is 40.1. The van der Waals surface area contributed by atoms with E-state index in [1.165, 1.54) is 89.5 Å². The molecule has 0 saturated carbocycles. The SMILES string of the molecule is C=C(C)N1CCCC(OC)(C(C)(C)C)CC1.C=S1(=O)CCCC(C(C)(C)C)CC1.C=S1(=O)CCCC(O)(C(C)(C)C)CC1.C=S1(=O)CCCC(OC)(C(C)(C)C)CC1.CC(C)(C)C1(O)CC2CCC(C1)S2(=O)=O.CC(C)(C)N1CC2CCC(C1)O2.CC(C)(C)N1CC2CCC(C1)OC2.CC(C)(C)N1CCCCCC1.[C-]#[N+]C1(C(C)(C)C)CCCN(C(=C)C)CC1. The fraction of sp³-hybridized carbons (Fsp3) is 0.923. The van der Waals surface area contributed by atoms with E-state index in [1.54, 1.807) is 7.11 Å². The van der Waals surface area contributed by atoms with Crippen LogP contribution in [-0.4, -0.2) is 268 Å². The van der Waals surface area contributed by atoms with Crippen LogP contribution in [0.1, 0.15) is 374 Å². The summed E-state index contributed by atoms with van der Waals surface area (Å²) in [6, 6.07) is 0. The molecule has 0 radical (unpaired) electrons.